The number of hydrogen-bond acceptors (Lipinski definition) is 1. The van der Waals surface area contributed by atoms with Crippen LogP contribution < -0.4 is 0 Å². The molecule has 0 aromatic heterocycles. The van der Waals surface area contributed by atoms with Crippen LogP contribution in [0.1, 0.15) is 37.8 Å². The van der Waals surface area contributed by atoms with Crippen LogP contribution in [0.25, 0.3) is 16.7 Å². The zero-order valence-corrected chi connectivity index (χ0v) is 12.6. The lowest BCUT2D eigenvalue weighted by atomic mass is 9.97. The Labute approximate surface area is 125 Å². The summed E-state index contributed by atoms with van der Waals surface area (Å²) in [6.07, 6.45) is 1.23. The Kier molecular flexibility index (Phi) is 4.59. The molecule has 0 unspecified atom stereocenters. The predicted molar refractivity (Wildman–Crippen MR) is 87.3 cm³/mol. The molecular formula is C19H20O2. The molecule has 2 nitrogen and oxygen atoms in total. The maximum absolute atomic E-state index is 10.7. The molecular weight excluding hydrogens is 260 g/mol. The van der Waals surface area contributed by atoms with E-state index in [0.29, 0.717) is 5.92 Å². The molecule has 2 heteroatoms. The lowest BCUT2D eigenvalue weighted by molar-refractivity contribution is -0.131. The Morgan fingerprint density at radius 2 is 1.43 bits per heavy atom. The van der Waals surface area contributed by atoms with Crippen molar-refractivity contribution >= 4 is 11.5 Å². The van der Waals surface area contributed by atoms with Crippen LogP contribution in [0, 0.1) is 0 Å². The number of carboxylic acids is 1. The molecule has 0 radical (unpaired) electrons. The third-order valence-electron chi connectivity index (χ3n) is 3.59. The van der Waals surface area contributed by atoms with Gasteiger partial charge < -0.3 is 5.11 Å². The van der Waals surface area contributed by atoms with E-state index in [9.17, 15) is 4.79 Å². The van der Waals surface area contributed by atoms with Crippen LogP contribution in [0.15, 0.2) is 54.6 Å². The summed E-state index contributed by atoms with van der Waals surface area (Å²) >= 11 is 0. The maximum atomic E-state index is 10.7. The molecule has 1 N–H and O–H groups in total. The van der Waals surface area contributed by atoms with Crippen molar-refractivity contribution in [2.75, 3.05) is 0 Å². The van der Waals surface area contributed by atoms with Gasteiger partial charge in [0.15, 0.2) is 0 Å². The minimum absolute atomic E-state index is 0.533. The molecule has 2 rings (SSSR count). The molecule has 21 heavy (non-hydrogen) atoms. The molecule has 0 spiro atoms. The Bertz CT molecular complexity index is 647. The number of carboxylic acid groups (broad SMARTS) is 1. The van der Waals surface area contributed by atoms with Crippen LogP contribution in [0.2, 0.25) is 0 Å². The number of benzene rings is 2. The van der Waals surface area contributed by atoms with Gasteiger partial charge in [0.2, 0.25) is 0 Å². The number of allylic oxidation sites excluding steroid dienone is 1. The average Bonchev–Trinajstić information content (AvgIpc) is 2.47. The molecule has 0 atom stereocenters. The first-order chi connectivity index (χ1) is 9.97. The maximum Gasteiger partial charge on any atom is 0.328 e. The fraction of sp³-hybridized carbons (Fsp3) is 0.211. The lowest BCUT2D eigenvalue weighted by Gasteiger charge is -2.08. The smallest absolute Gasteiger partial charge is 0.328 e. The average molecular weight is 280 g/mol. The number of rotatable bonds is 4. The molecule has 0 amide bonds. The molecule has 0 bridgehead atoms. The van der Waals surface area contributed by atoms with Gasteiger partial charge in [-0.3, -0.25) is 0 Å². The monoisotopic (exact) mass is 280 g/mol. The first-order valence-corrected chi connectivity index (χ1v) is 7.09. The SMILES string of the molecule is C/C(=C/C(=O)O)c1ccc(-c2ccc(C(C)C)cc2)cc1. The number of aliphatic carboxylic acids is 1. The Morgan fingerprint density at radius 3 is 1.86 bits per heavy atom. The number of carbonyl (C=O) groups is 1. The van der Waals surface area contributed by atoms with E-state index in [1.165, 1.54) is 17.2 Å². The standard InChI is InChI=1S/C19H20O2/c1-13(2)15-4-8-17(9-5-15)18-10-6-16(7-11-18)14(3)12-19(20)21/h4-13H,1-3H3,(H,20,21)/b14-12-. The van der Waals surface area contributed by atoms with Crippen LogP contribution in [-0.4, -0.2) is 11.1 Å². The Morgan fingerprint density at radius 1 is 0.952 bits per heavy atom. The van der Waals surface area contributed by atoms with E-state index in [0.717, 1.165) is 16.7 Å². The molecule has 0 saturated heterocycles. The molecule has 0 saturated carbocycles. The van der Waals surface area contributed by atoms with Gasteiger partial charge in [-0.2, -0.15) is 0 Å². The van der Waals surface area contributed by atoms with Gasteiger partial charge in [0.25, 0.3) is 0 Å². The second-order valence-corrected chi connectivity index (χ2v) is 5.52. The minimum atomic E-state index is -0.916. The number of hydrogen-bond donors (Lipinski definition) is 1. The van der Waals surface area contributed by atoms with Gasteiger partial charge in [-0.25, -0.2) is 4.79 Å². The van der Waals surface area contributed by atoms with E-state index in [4.69, 9.17) is 5.11 Å². The van der Waals surface area contributed by atoms with Gasteiger partial charge in [0.05, 0.1) is 0 Å². The topological polar surface area (TPSA) is 37.3 Å². The highest BCUT2D eigenvalue weighted by atomic mass is 16.4. The summed E-state index contributed by atoms with van der Waals surface area (Å²) in [4.78, 5) is 10.7. The van der Waals surface area contributed by atoms with Gasteiger partial charge in [0, 0.05) is 6.08 Å². The summed E-state index contributed by atoms with van der Waals surface area (Å²) in [5, 5.41) is 8.77. The summed E-state index contributed by atoms with van der Waals surface area (Å²) in [6.45, 7) is 6.17. The molecule has 0 aliphatic rings. The highest BCUT2D eigenvalue weighted by Crippen LogP contribution is 2.24. The minimum Gasteiger partial charge on any atom is -0.478 e. The summed E-state index contributed by atoms with van der Waals surface area (Å²) in [7, 11) is 0. The first kappa shape index (κ1) is 15.0. The molecule has 0 heterocycles. The van der Waals surface area contributed by atoms with Crippen LogP contribution >= 0.6 is 0 Å². The highest BCUT2D eigenvalue weighted by Gasteiger charge is 2.03. The van der Waals surface area contributed by atoms with Crippen molar-refractivity contribution in [1.82, 2.24) is 0 Å². The van der Waals surface area contributed by atoms with Gasteiger partial charge in [-0.1, -0.05) is 62.4 Å². The normalized spacial score (nSPS) is 11.7. The molecule has 108 valence electrons. The second kappa shape index (κ2) is 6.40. The third-order valence-corrected chi connectivity index (χ3v) is 3.59. The van der Waals surface area contributed by atoms with Crippen molar-refractivity contribution in [3.05, 3.63) is 65.7 Å². The molecule has 0 aliphatic heterocycles. The van der Waals surface area contributed by atoms with Gasteiger partial charge in [-0.05, 0) is 40.7 Å². The molecule has 0 fully saturated rings. The summed E-state index contributed by atoms with van der Waals surface area (Å²) in [5.74, 6) is -0.383. The first-order valence-electron chi connectivity index (χ1n) is 7.09. The fourth-order valence-electron chi connectivity index (χ4n) is 2.25. The zero-order chi connectivity index (χ0) is 15.4. The summed E-state index contributed by atoms with van der Waals surface area (Å²) in [6, 6.07) is 16.5. The van der Waals surface area contributed by atoms with E-state index < -0.39 is 5.97 Å². The van der Waals surface area contributed by atoms with Crippen LogP contribution in [0.5, 0.6) is 0 Å². The van der Waals surface area contributed by atoms with E-state index in [-0.39, 0.29) is 0 Å². The predicted octanol–water partition coefficient (Wildman–Crippen LogP) is 4.96. The molecule has 2 aromatic carbocycles. The summed E-state index contributed by atoms with van der Waals surface area (Å²) in [5.41, 5.74) is 5.32. The second-order valence-electron chi connectivity index (χ2n) is 5.52. The van der Waals surface area contributed by atoms with Crippen molar-refractivity contribution in [2.45, 2.75) is 26.7 Å². The Hall–Kier alpha value is -2.35. The Balaban J connectivity index is 2.24. The van der Waals surface area contributed by atoms with E-state index in [1.807, 2.05) is 24.3 Å². The van der Waals surface area contributed by atoms with E-state index in [1.54, 1.807) is 6.92 Å². The zero-order valence-electron chi connectivity index (χ0n) is 12.6. The van der Waals surface area contributed by atoms with E-state index >= 15 is 0 Å². The van der Waals surface area contributed by atoms with Crippen molar-refractivity contribution in [3.63, 3.8) is 0 Å². The molecule has 0 aliphatic carbocycles. The molecule has 2 aromatic rings. The fourth-order valence-corrected chi connectivity index (χ4v) is 2.25. The van der Waals surface area contributed by atoms with Gasteiger partial charge in [0.1, 0.15) is 0 Å². The van der Waals surface area contributed by atoms with Crippen LogP contribution in [0.3, 0.4) is 0 Å². The lowest BCUT2D eigenvalue weighted by Crippen LogP contribution is -1.90. The van der Waals surface area contributed by atoms with E-state index in [2.05, 4.69) is 38.1 Å². The highest BCUT2D eigenvalue weighted by molar-refractivity contribution is 5.89. The largest absolute Gasteiger partial charge is 0.478 e. The quantitative estimate of drug-likeness (QED) is 0.803. The summed E-state index contributed by atoms with van der Waals surface area (Å²) < 4.78 is 0. The van der Waals surface area contributed by atoms with Crippen LogP contribution in [0.4, 0.5) is 0 Å². The van der Waals surface area contributed by atoms with Crippen molar-refractivity contribution < 1.29 is 9.90 Å². The third kappa shape index (κ3) is 3.82. The van der Waals surface area contributed by atoms with Crippen molar-refractivity contribution in [3.8, 4) is 11.1 Å². The van der Waals surface area contributed by atoms with Gasteiger partial charge in [-0.15, -0.1) is 0 Å². The van der Waals surface area contributed by atoms with Crippen LogP contribution in [-0.2, 0) is 4.79 Å². The van der Waals surface area contributed by atoms with Crippen molar-refractivity contribution in [2.24, 2.45) is 0 Å². The van der Waals surface area contributed by atoms with Crippen molar-refractivity contribution in [1.29, 1.82) is 0 Å². The van der Waals surface area contributed by atoms with Gasteiger partial charge >= 0.3 is 5.97 Å².